The molecule has 1 N–H and O–H groups in total. The summed E-state index contributed by atoms with van der Waals surface area (Å²) in [4.78, 5) is 4.13. The zero-order valence-corrected chi connectivity index (χ0v) is 11.0. The molecule has 1 atom stereocenters. The van der Waals surface area contributed by atoms with E-state index in [1.807, 2.05) is 42.6 Å². The molecular formula is C15H14N4O. The second-order valence-electron chi connectivity index (χ2n) is 4.48. The molecule has 1 unspecified atom stereocenters. The van der Waals surface area contributed by atoms with Crippen molar-refractivity contribution in [2.45, 2.75) is 13.0 Å². The van der Waals surface area contributed by atoms with E-state index in [-0.39, 0.29) is 6.04 Å². The van der Waals surface area contributed by atoms with Crippen molar-refractivity contribution in [3.63, 3.8) is 0 Å². The van der Waals surface area contributed by atoms with Gasteiger partial charge in [0.15, 0.2) is 0 Å². The molecule has 0 spiro atoms. The van der Waals surface area contributed by atoms with Crippen molar-refractivity contribution in [1.82, 2.24) is 15.2 Å². The van der Waals surface area contributed by atoms with E-state index in [4.69, 9.17) is 4.42 Å². The van der Waals surface area contributed by atoms with Crippen molar-refractivity contribution in [1.29, 1.82) is 0 Å². The number of hydrogen-bond donors (Lipinski definition) is 1. The van der Waals surface area contributed by atoms with Gasteiger partial charge in [0.05, 0.1) is 6.04 Å². The van der Waals surface area contributed by atoms with E-state index in [1.165, 1.54) is 6.39 Å². The lowest BCUT2D eigenvalue weighted by Crippen LogP contribution is -2.06. The van der Waals surface area contributed by atoms with Gasteiger partial charge < -0.3 is 9.73 Å². The van der Waals surface area contributed by atoms with Crippen LogP contribution >= 0.6 is 0 Å². The van der Waals surface area contributed by atoms with Crippen LogP contribution < -0.4 is 5.32 Å². The molecule has 0 aliphatic carbocycles. The van der Waals surface area contributed by atoms with E-state index in [2.05, 4.69) is 27.4 Å². The molecule has 0 radical (unpaired) electrons. The van der Waals surface area contributed by atoms with E-state index >= 15 is 0 Å². The highest BCUT2D eigenvalue weighted by Gasteiger charge is 2.07. The molecule has 0 aliphatic heterocycles. The number of nitrogens with one attached hydrogen (secondary N) is 1. The summed E-state index contributed by atoms with van der Waals surface area (Å²) in [6.45, 7) is 2.09. The van der Waals surface area contributed by atoms with E-state index in [9.17, 15) is 0 Å². The lowest BCUT2D eigenvalue weighted by atomic mass is 10.1. The Balaban J connectivity index is 1.80. The second kappa shape index (κ2) is 5.52. The number of nitrogens with zero attached hydrogens (tertiary/aromatic N) is 3. The number of benzene rings is 1. The smallest absolute Gasteiger partial charge is 0.247 e. The Morgan fingerprint density at radius 1 is 1.20 bits per heavy atom. The van der Waals surface area contributed by atoms with Gasteiger partial charge in [-0.1, -0.05) is 12.1 Å². The highest BCUT2D eigenvalue weighted by Crippen LogP contribution is 2.23. The molecule has 0 fully saturated rings. The maximum Gasteiger partial charge on any atom is 0.247 e. The molecule has 5 nitrogen and oxygen atoms in total. The van der Waals surface area contributed by atoms with Gasteiger partial charge in [0.2, 0.25) is 12.3 Å². The Morgan fingerprint density at radius 2 is 2.15 bits per heavy atom. The van der Waals surface area contributed by atoms with Gasteiger partial charge in [-0.15, -0.1) is 10.2 Å². The van der Waals surface area contributed by atoms with Crippen molar-refractivity contribution in [3.8, 4) is 11.5 Å². The number of rotatable bonds is 4. The quantitative estimate of drug-likeness (QED) is 0.785. The van der Waals surface area contributed by atoms with Crippen LogP contribution in [0, 0.1) is 0 Å². The first-order valence-electron chi connectivity index (χ1n) is 6.36. The van der Waals surface area contributed by atoms with E-state index in [0.29, 0.717) is 5.89 Å². The van der Waals surface area contributed by atoms with Crippen LogP contribution in [0.3, 0.4) is 0 Å². The minimum atomic E-state index is 0.168. The monoisotopic (exact) mass is 266 g/mol. The summed E-state index contributed by atoms with van der Waals surface area (Å²) >= 11 is 0. The molecule has 100 valence electrons. The number of anilines is 1. The third-order valence-electron chi connectivity index (χ3n) is 3.04. The average Bonchev–Trinajstić information content (AvgIpc) is 3.03. The van der Waals surface area contributed by atoms with Crippen molar-refractivity contribution in [3.05, 3.63) is 60.7 Å². The Morgan fingerprint density at radius 3 is 2.90 bits per heavy atom. The third kappa shape index (κ3) is 2.66. The lowest BCUT2D eigenvalue weighted by Gasteiger charge is -2.15. The largest absolute Gasteiger partial charge is 0.423 e. The molecule has 0 amide bonds. The summed E-state index contributed by atoms with van der Waals surface area (Å²) in [6, 6.07) is 12.0. The SMILES string of the molecule is CC(Nc1cccc(-c2nnco2)c1)c1cccnc1. The molecule has 3 rings (SSSR count). The summed E-state index contributed by atoms with van der Waals surface area (Å²) in [5.74, 6) is 0.516. The van der Waals surface area contributed by atoms with Crippen LogP contribution in [0.4, 0.5) is 5.69 Å². The second-order valence-corrected chi connectivity index (χ2v) is 4.48. The lowest BCUT2D eigenvalue weighted by molar-refractivity contribution is 0.568. The highest BCUT2D eigenvalue weighted by atomic mass is 16.4. The van der Waals surface area contributed by atoms with E-state index in [1.54, 1.807) is 6.20 Å². The molecule has 5 heteroatoms. The molecule has 0 aliphatic rings. The fourth-order valence-electron chi connectivity index (χ4n) is 2.01. The van der Waals surface area contributed by atoms with Crippen molar-refractivity contribution in [2.24, 2.45) is 0 Å². The van der Waals surface area contributed by atoms with Crippen molar-refractivity contribution < 1.29 is 4.42 Å². The predicted molar refractivity (Wildman–Crippen MR) is 76.0 cm³/mol. The fourth-order valence-corrected chi connectivity index (χ4v) is 2.01. The molecule has 0 bridgehead atoms. The van der Waals surface area contributed by atoms with E-state index < -0.39 is 0 Å². The van der Waals surface area contributed by atoms with Crippen LogP contribution in [-0.4, -0.2) is 15.2 Å². The standard InChI is InChI=1S/C15H14N4O/c1-11(13-5-3-7-16-9-13)18-14-6-2-4-12(8-14)15-19-17-10-20-15/h2-11,18H,1H3. The maximum atomic E-state index is 5.20. The molecule has 3 aromatic rings. The Kier molecular flexibility index (Phi) is 3.41. The maximum absolute atomic E-state index is 5.20. The first-order valence-corrected chi connectivity index (χ1v) is 6.36. The normalized spacial score (nSPS) is 12.1. The molecular weight excluding hydrogens is 252 g/mol. The van der Waals surface area contributed by atoms with Crippen LogP contribution in [0.2, 0.25) is 0 Å². The first-order chi connectivity index (χ1) is 9.83. The summed E-state index contributed by atoms with van der Waals surface area (Å²) < 4.78 is 5.20. The minimum Gasteiger partial charge on any atom is -0.423 e. The molecule has 2 heterocycles. The Hall–Kier alpha value is -2.69. The number of hydrogen-bond acceptors (Lipinski definition) is 5. The number of pyridine rings is 1. The highest BCUT2D eigenvalue weighted by molar-refractivity contribution is 5.61. The van der Waals surface area contributed by atoms with Gasteiger partial charge in [0.1, 0.15) is 0 Å². The predicted octanol–water partition coefficient (Wildman–Crippen LogP) is 3.30. The summed E-state index contributed by atoms with van der Waals surface area (Å²) in [6.07, 6.45) is 4.96. The van der Waals surface area contributed by atoms with Crippen LogP contribution in [-0.2, 0) is 0 Å². The van der Waals surface area contributed by atoms with Gasteiger partial charge >= 0.3 is 0 Å². The van der Waals surface area contributed by atoms with Gasteiger partial charge in [-0.2, -0.15) is 0 Å². The van der Waals surface area contributed by atoms with Crippen LogP contribution in [0.1, 0.15) is 18.5 Å². The van der Waals surface area contributed by atoms with E-state index in [0.717, 1.165) is 16.8 Å². The molecule has 1 aromatic carbocycles. The fraction of sp³-hybridized carbons (Fsp3) is 0.133. The van der Waals surface area contributed by atoms with Crippen molar-refractivity contribution in [2.75, 3.05) is 5.32 Å². The topological polar surface area (TPSA) is 63.8 Å². The average molecular weight is 266 g/mol. The van der Waals surface area contributed by atoms with Crippen LogP contribution in [0.25, 0.3) is 11.5 Å². The van der Waals surface area contributed by atoms with Crippen LogP contribution in [0.5, 0.6) is 0 Å². The summed E-state index contributed by atoms with van der Waals surface area (Å²) in [5, 5.41) is 11.0. The zero-order chi connectivity index (χ0) is 13.8. The molecule has 0 saturated heterocycles. The Labute approximate surface area is 116 Å². The van der Waals surface area contributed by atoms with Gasteiger partial charge in [-0.25, -0.2) is 0 Å². The zero-order valence-electron chi connectivity index (χ0n) is 11.0. The molecule has 2 aromatic heterocycles. The molecule has 0 saturated carbocycles. The summed E-state index contributed by atoms with van der Waals surface area (Å²) in [5.41, 5.74) is 3.03. The molecule has 20 heavy (non-hydrogen) atoms. The third-order valence-corrected chi connectivity index (χ3v) is 3.04. The minimum absolute atomic E-state index is 0.168. The van der Waals surface area contributed by atoms with Crippen LogP contribution in [0.15, 0.2) is 59.6 Å². The number of aromatic nitrogens is 3. The van der Waals surface area contributed by atoms with Crippen molar-refractivity contribution >= 4 is 5.69 Å². The van der Waals surface area contributed by atoms with Gasteiger partial charge in [0, 0.05) is 23.6 Å². The van der Waals surface area contributed by atoms with Gasteiger partial charge in [0.25, 0.3) is 0 Å². The first kappa shape index (κ1) is 12.3. The van der Waals surface area contributed by atoms with Gasteiger partial charge in [-0.3, -0.25) is 4.98 Å². The Bertz CT molecular complexity index is 667. The summed E-state index contributed by atoms with van der Waals surface area (Å²) in [7, 11) is 0. The van der Waals surface area contributed by atoms with Gasteiger partial charge in [-0.05, 0) is 36.8 Å².